The summed E-state index contributed by atoms with van der Waals surface area (Å²) in [5.41, 5.74) is 0.0930. The van der Waals surface area contributed by atoms with Crippen LogP contribution in [0.5, 0.6) is 5.88 Å². The molecule has 2 aromatic carbocycles. The summed E-state index contributed by atoms with van der Waals surface area (Å²) in [6.45, 7) is 1.07. The van der Waals surface area contributed by atoms with E-state index in [9.17, 15) is 14.3 Å². The van der Waals surface area contributed by atoms with Gasteiger partial charge in [-0.2, -0.15) is 0 Å². The molecule has 4 heterocycles. The van der Waals surface area contributed by atoms with E-state index in [2.05, 4.69) is 9.97 Å². The highest BCUT2D eigenvalue weighted by molar-refractivity contribution is 7.16. The van der Waals surface area contributed by atoms with Crippen LogP contribution in [0.1, 0.15) is 33.0 Å². The van der Waals surface area contributed by atoms with Gasteiger partial charge in [0.2, 0.25) is 5.88 Å². The third-order valence-electron chi connectivity index (χ3n) is 6.79. The molecule has 0 saturated carbocycles. The van der Waals surface area contributed by atoms with Gasteiger partial charge in [-0.05, 0) is 54.4 Å². The van der Waals surface area contributed by atoms with Crippen molar-refractivity contribution in [2.45, 2.75) is 32.1 Å². The maximum atomic E-state index is 15.4. The largest absolute Gasteiger partial charge is 0.478 e. The number of nitrogens with zero attached hydrogens (tertiary/aromatic N) is 3. The van der Waals surface area contributed by atoms with Crippen molar-refractivity contribution >= 4 is 39.9 Å². The second kappa shape index (κ2) is 11.2. The predicted octanol–water partition coefficient (Wildman–Crippen LogP) is 6.89. The molecule has 210 valence electrons. The van der Waals surface area contributed by atoms with Crippen molar-refractivity contribution in [3.05, 3.63) is 98.2 Å². The molecular weight excluding hydrogens is 579 g/mol. The number of carboxylic acids is 1. The molecule has 5 aromatic rings. The minimum atomic E-state index is -1.29. The van der Waals surface area contributed by atoms with Crippen LogP contribution in [0, 0.1) is 17.5 Å². The Labute approximate surface area is 240 Å². The zero-order chi connectivity index (χ0) is 28.7. The molecule has 0 spiro atoms. The maximum Gasteiger partial charge on any atom is 0.335 e. The van der Waals surface area contributed by atoms with E-state index in [1.54, 1.807) is 28.8 Å². The summed E-state index contributed by atoms with van der Waals surface area (Å²) in [6.07, 6.45) is 0.421. The molecule has 1 N–H and O–H groups in total. The monoisotopic (exact) mass is 599 g/mol. The molecule has 0 bridgehead atoms. The Morgan fingerprint density at radius 1 is 1.10 bits per heavy atom. The number of aromatic carboxylic acids is 1. The highest BCUT2D eigenvalue weighted by Gasteiger charge is 2.25. The molecule has 1 saturated heterocycles. The number of thiophene rings is 1. The van der Waals surface area contributed by atoms with Gasteiger partial charge < -0.3 is 19.1 Å². The number of halogens is 4. The number of benzene rings is 2. The van der Waals surface area contributed by atoms with Crippen molar-refractivity contribution in [3.8, 4) is 17.1 Å². The fourth-order valence-corrected chi connectivity index (χ4v) is 5.63. The topological polar surface area (TPSA) is 86.5 Å². The van der Waals surface area contributed by atoms with Crippen LogP contribution in [-0.4, -0.2) is 38.3 Å². The minimum absolute atomic E-state index is 0.00169. The Morgan fingerprint density at radius 3 is 2.63 bits per heavy atom. The summed E-state index contributed by atoms with van der Waals surface area (Å²) in [7, 11) is 0. The van der Waals surface area contributed by atoms with E-state index in [4.69, 9.17) is 21.1 Å². The van der Waals surface area contributed by atoms with Crippen LogP contribution in [0.25, 0.3) is 22.3 Å². The van der Waals surface area contributed by atoms with Crippen LogP contribution in [0.15, 0.2) is 54.6 Å². The Kier molecular flexibility index (Phi) is 7.41. The smallest absolute Gasteiger partial charge is 0.335 e. The van der Waals surface area contributed by atoms with E-state index in [1.165, 1.54) is 17.4 Å². The van der Waals surface area contributed by atoms with Crippen LogP contribution in [-0.2, 0) is 24.3 Å². The van der Waals surface area contributed by atoms with Gasteiger partial charge in [-0.1, -0.05) is 17.7 Å². The first-order chi connectivity index (χ1) is 19.7. The van der Waals surface area contributed by atoms with Gasteiger partial charge in [0.25, 0.3) is 0 Å². The Morgan fingerprint density at radius 2 is 1.93 bits per heavy atom. The van der Waals surface area contributed by atoms with Crippen molar-refractivity contribution in [2.75, 3.05) is 6.61 Å². The van der Waals surface area contributed by atoms with Gasteiger partial charge in [-0.25, -0.2) is 27.9 Å². The van der Waals surface area contributed by atoms with Crippen LogP contribution >= 0.6 is 22.9 Å². The van der Waals surface area contributed by atoms with Crippen molar-refractivity contribution in [1.29, 1.82) is 0 Å². The van der Waals surface area contributed by atoms with Crippen molar-refractivity contribution < 1.29 is 32.5 Å². The normalized spacial score (nSPS) is 14.8. The second-order valence-corrected chi connectivity index (χ2v) is 11.3. The summed E-state index contributed by atoms with van der Waals surface area (Å²) in [4.78, 5) is 21.1. The lowest BCUT2D eigenvalue weighted by Crippen LogP contribution is -2.31. The molecular formula is C29H21ClF3N3O4S. The molecule has 6 rings (SSSR count). The maximum absolute atomic E-state index is 15.4. The molecule has 1 atom stereocenters. The van der Waals surface area contributed by atoms with E-state index < -0.39 is 23.4 Å². The summed E-state index contributed by atoms with van der Waals surface area (Å²) >= 11 is 7.32. The fourth-order valence-electron chi connectivity index (χ4n) is 4.63. The van der Waals surface area contributed by atoms with Gasteiger partial charge in [0, 0.05) is 29.5 Å². The van der Waals surface area contributed by atoms with Crippen LogP contribution in [0.3, 0.4) is 0 Å². The second-order valence-electron chi connectivity index (χ2n) is 9.51. The first-order valence-corrected chi connectivity index (χ1v) is 13.8. The lowest BCUT2D eigenvalue weighted by molar-refractivity contribution is -0.0589. The lowest BCUT2D eigenvalue weighted by Gasteiger charge is -2.27. The number of hydrogen-bond donors (Lipinski definition) is 1. The third kappa shape index (κ3) is 5.65. The molecule has 0 aliphatic carbocycles. The van der Waals surface area contributed by atoms with E-state index in [-0.39, 0.29) is 70.8 Å². The summed E-state index contributed by atoms with van der Waals surface area (Å²) in [5, 5.41) is 9.40. The quantitative estimate of drug-likeness (QED) is 0.199. The fraction of sp³-hybridized carbons (Fsp3) is 0.207. The van der Waals surface area contributed by atoms with E-state index in [0.717, 1.165) is 29.5 Å². The SMILES string of the molecule is O=C(O)c1cc(F)c2nc(Cc3cc(F)c(-c4cccc(OCc5ccc(Cl)s5)n4)cc3F)n(CC3CCO3)c2c1. The molecule has 1 aliphatic heterocycles. The average molecular weight is 600 g/mol. The van der Waals surface area contributed by atoms with Gasteiger partial charge in [-0.15, -0.1) is 11.3 Å². The van der Waals surface area contributed by atoms with E-state index in [1.807, 2.05) is 6.07 Å². The number of carboxylic acid groups (broad SMARTS) is 1. The molecule has 1 fully saturated rings. The average Bonchev–Trinajstić information content (AvgIpc) is 3.50. The highest BCUT2D eigenvalue weighted by atomic mass is 35.5. The number of carbonyl (C=O) groups is 1. The zero-order valence-electron chi connectivity index (χ0n) is 21.2. The molecule has 12 heteroatoms. The zero-order valence-corrected chi connectivity index (χ0v) is 22.8. The van der Waals surface area contributed by atoms with Crippen LogP contribution in [0.2, 0.25) is 4.34 Å². The summed E-state index contributed by atoms with van der Waals surface area (Å²) in [5.74, 6) is -3.02. The Balaban J connectivity index is 1.30. The lowest BCUT2D eigenvalue weighted by atomic mass is 10.0. The van der Waals surface area contributed by atoms with Gasteiger partial charge in [-0.3, -0.25) is 0 Å². The van der Waals surface area contributed by atoms with Gasteiger partial charge in [0.1, 0.15) is 29.6 Å². The number of pyridine rings is 1. The van der Waals surface area contributed by atoms with Gasteiger partial charge in [0.05, 0.1) is 33.8 Å². The first kappa shape index (κ1) is 27.3. The molecule has 1 unspecified atom stereocenters. The first-order valence-electron chi connectivity index (χ1n) is 12.6. The number of rotatable bonds is 9. The summed E-state index contributed by atoms with van der Waals surface area (Å²) < 4.78 is 59.0. The minimum Gasteiger partial charge on any atom is -0.478 e. The third-order valence-corrected chi connectivity index (χ3v) is 7.99. The van der Waals surface area contributed by atoms with Crippen molar-refractivity contribution in [1.82, 2.24) is 14.5 Å². The van der Waals surface area contributed by atoms with Crippen molar-refractivity contribution in [3.63, 3.8) is 0 Å². The number of fused-ring (bicyclic) bond motifs is 1. The number of imidazole rings is 1. The molecule has 41 heavy (non-hydrogen) atoms. The number of aromatic nitrogens is 3. The standard InChI is InChI=1S/C29H21ClF3N3O4S/c30-25-5-4-18(41-25)14-40-27-3-1-2-23(34-27)19-12-20(31)15(8-21(19)32)11-26-35-28-22(33)9-16(29(37)38)10-24(28)36(26)13-17-6-7-39-17/h1-5,8-10,12,17H,6-7,11,13-14H2,(H,37,38). The van der Waals surface area contributed by atoms with Crippen LogP contribution in [0.4, 0.5) is 13.2 Å². The Hall–Kier alpha value is -3.93. The van der Waals surface area contributed by atoms with E-state index >= 15 is 8.78 Å². The molecule has 7 nitrogen and oxygen atoms in total. The summed E-state index contributed by atoms with van der Waals surface area (Å²) in [6, 6.07) is 12.7. The molecule has 3 aromatic heterocycles. The number of hydrogen-bond acceptors (Lipinski definition) is 6. The molecule has 0 amide bonds. The molecule has 0 radical (unpaired) electrons. The highest BCUT2D eigenvalue weighted by Crippen LogP contribution is 2.30. The Bertz CT molecular complexity index is 1790. The van der Waals surface area contributed by atoms with E-state index in [0.29, 0.717) is 10.9 Å². The van der Waals surface area contributed by atoms with Gasteiger partial charge >= 0.3 is 5.97 Å². The van der Waals surface area contributed by atoms with Gasteiger partial charge in [0.15, 0.2) is 5.82 Å². The predicted molar refractivity (Wildman–Crippen MR) is 147 cm³/mol. The van der Waals surface area contributed by atoms with Crippen molar-refractivity contribution in [2.24, 2.45) is 0 Å². The molecule has 1 aliphatic rings. The van der Waals surface area contributed by atoms with Crippen LogP contribution < -0.4 is 4.74 Å². The number of ether oxygens (including phenoxy) is 2.